The van der Waals surface area contributed by atoms with Gasteiger partial charge < -0.3 is 10.1 Å². The summed E-state index contributed by atoms with van der Waals surface area (Å²) in [5.41, 5.74) is 3.73. The van der Waals surface area contributed by atoms with Crippen LogP contribution >= 0.6 is 23.2 Å². The van der Waals surface area contributed by atoms with Crippen LogP contribution in [0.3, 0.4) is 0 Å². The molecule has 1 aromatic heterocycles. The van der Waals surface area contributed by atoms with E-state index in [1.807, 2.05) is 13.0 Å². The molecule has 27 heavy (non-hydrogen) atoms. The number of carbonyl (C=O) groups excluding carboxylic acids is 2. The molecule has 0 atom stereocenters. The molecule has 142 valence electrons. The number of pyridine rings is 1. The zero-order valence-electron chi connectivity index (χ0n) is 14.8. The number of ether oxygens (including phenoxy) is 1. The highest BCUT2D eigenvalue weighted by Gasteiger charge is 2.08. The van der Waals surface area contributed by atoms with Crippen molar-refractivity contribution in [3.05, 3.63) is 52.1 Å². The van der Waals surface area contributed by atoms with Gasteiger partial charge in [0.05, 0.1) is 11.4 Å². The summed E-state index contributed by atoms with van der Waals surface area (Å²) >= 11 is 11.7. The molecule has 0 fully saturated rings. The monoisotopic (exact) mass is 408 g/mol. The summed E-state index contributed by atoms with van der Waals surface area (Å²) in [7, 11) is 0. The van der Waals surface area contributed by atoms with Crippen LogP contribution < -0.4 is 15.5 Å². The van der Waals surface area contributed by atoms with Crippen LogP contribution in [0, 0.1) is 6.92 Å². The van der Waals surface area contributed by atoms with Gasteiger partial charge in [0.15, 0.2) is 6.61 Å². The number of anilines is 1. The number of hydrogen-bond donors (Lipinski definition) is 2. The quantitative estimate of drug-likeness (QED) is 0.540. The zero-order chi connectivity index (χ0) is 19.8. The lowest BCUT2D eigenvalue weighted by molar-refractivity contribution is -0.123. The van der Waals surface area contributed by atoms with Crippen molar-refractivity contribution in [1.82, 2.24) is 10.4 Å². The summed E-state index contributed by atoms with van der Waals surface area (Å²) in [6.07, 6.45) is 1.62. The maximum Gasteiger partial charge on any atom is 0.277 e. The number of nitrogens with one attached hydrogen (secondary N) is 2. The second-order valence-electron chi connectivity index (χ2n) is 5.69. The lowest BCUT2D eigenvalue weighted by Crippen LogP contribution is -2.26. The topological polar surface area (TPSA) is 92.7 Å². The minimum absolute atomic E-state index is 0.0137. The number of hydrogen-bond acceptors (Lipinski definition) is 5. The molecular weight excluding hydrogens is 391 g/mol. The van der Waals surface area contributed by atoms with Crippen molar-refractivity contribution in [2.75, 3.05) is 11.9 Å². The number of benzene rings is 1. The van der Waals surface area contributed by atoms with Crippen molar-refractivity contribution in [2.24, 2.45) is 5.10 Å². The maximum atomic E-state index is 12.0. The fourth-order valence-electron chi connectivity index (χ4n) is 1.99. The molecule has 0 radical (unpaired) electrons. The maximum absolute atomic E-state index is 12.0. The molecule has 0 unspecified atom stereocenters. The average molecular weight is 409 g/mol. The van der Waals surface area contributed by atoms with Crippen LogP contribution in [0.4, 0.5) is 5.82 Å². The first kappa shape index (κ1) is 20.7. The van der Waals surface area contributed by atoms with E-state index in [9.17, 15) is 9.59 Å². The highest BCUT2D eigenvalue weighted by molar-refractivity contribution is 6.35. The Bertz CT molecular complexity index is 871. The highest BCUT2D eigenvalue weighted by atomic mass is 35.5. The lowest BCUT2D eigenvalue weighted by Gasteiger charge is -2.08. The highest BCUT2D eigenvalue weighted by Crippen LogP contribution is 2.27. The van der Waals surface area contributed by atoms with E-state index in [4.69, 9.17) is 27.9 Å². The van der Waals surface area contributed by atoms with Gasteiger partial charge in [-0.3, -0.25) is 9.59 Å². The summed E-state index contributed by atoms with van der Waals surface area (Å²) in [5, 5.41) is 7.31. The van der Waals surface area contributed by atoms with Crippen LogP contribution in [0.5, 0.6) is 5.75 Å². The van der Waals surface area contributed by atoms with E-state index in [1.54, 1.807) is 31.3 Å². The Morgan fingerprint density at radius 2 is 1.96 bits per heavy atom. The summed E-state index contributed by atoms with van der Waals surface area (Å²) in [6, 6.07) is 8.27. The van der Waals surface area contributed by atoms with Gasteiger partial charge >= 0.3 is 0 Å². The molecule has 0 saturated heterocycles. The van der Waals surface area contributed by atoms with Crippen molar-refractivity contribution in [3.8, 4) is 5.75 Å². The number of aryl methyl sites for hydroxylation is 1. The number of rotatable bonds is 7. The van der Waals surface area contributed by atoms with E-state index >= 15 is 0 Å². The smallest absolute Gasteiger partial charge is 0.277 e. The molecule has 0 aliphatic heterocycles. The standard InChI is InChI=1S/C18H18Cl2N4O3/c1-11-5-6-21-16(7-11)22-17(25)8-12(2)23-24-18(26)10-27-15-4-3-13(19)9-14(15)20/h3-7,9H,8,10H2,1-2H3,(H,24,26)(H,21,22,25)/b23-12+. The number of amides is 2. The Morgan fingerprint density at radius 1 is 1.19 bits per heavy atom. The Labute approximate surface area is 166 Å². The van der Waals surface area contributed by atoms with E-state index in [-0.39, 0.29) is 18.9 Å². The summed E-state index contributed by atoms with van der Waals surface area (Å²) in [4.78, 5) is 27.8. The molecule has 9 heteroatoms. The van der Waals surface area contributed by atoms with Crippen molar-refractivity contribution in [2.45, 2.75) is 20.3 Å². The molecule has 0 saturated carbocycles. The van der Waals surface area contributed by atoms with Crippen molar-refractivity contribution in [3.63, 3.8) is 0 Å². The predicted octanol–water partition coefficient (Wildman–Crippen LogP) is 3.60. The summed E-state index contributed by atoms with van der Waals surface area (Å²) in [6.45, 7) is 3.25. The third-order valence-electron chi connectivity index (χ3n) is 3.22. The summed E-state index contributed by atoms with van der Waals surface area (Å²) in [5.74, 6) is 0.0287. The average Bonchev–Trinajstić information content (AvgIpc) is 2.59. The third-order valence-corrected chi connectivity index (χ3v) is 3.75. The van der Waals surface area contributed by atoms with E-state index in [1.165, 1.54) is 6.07 Å². The normalized spacial score (nSPS) is 11.0. The SMILES string of the molecule is C/C(CC(=O)Nc1cc(C)ccn1)=N\NC(=O)COc1ccc(Cl)cc1Cl. The Balaban J connectivity index is 1.78. The largest absolute Gasteiger partial charge is 0.482 e. The molecule has 2 N–H and O–H groups in total. The second-order valence-corrected chi connectivity index (χ2v) is 6.53. The number of aromatic nitrogens is 1. The van der Waals surface area contributed by atoms with Gasteiger partial charge in [-0.15, -0.1) is 0 Å². The molecule has 0 aliphatic carbocycles. The molecule has 7 nitrogen and oxygen atoms in total. The first-order chi connectivity index (χ1) is 12.8. The van der Waals surface area contributed by atoms with Crippen molar-refractivity contribution < 1.29 is 14.3 Å². The van der Waals surface area contributed by atoms with Gasteiger partial charge in [-0.1, -0.05) is 23.2 Å². The molecule has 2 amide bonds. The van der Waals surface area contributed by atoms with E-state index in [0.717, 1.165) is 5.56 Å². The minimum atomic E-state index is -0.485. The molecule has 1 aromatic carbocycles. The van der Waals surface area contributed by atoms with Crippen LogP contribution in [-0.4, -0.2) is 29.1 Å². The number of halogens is 2. The van der Waals surface area contributed by atoms with Crippen LogP contribution in [-0.2, 0) is 9.59 Å². The molecule has 0 aliphatic rings. The molecular formula is C18H18Cl2N4O3. The van der Waals surface area contributed by atoms with E-state index < -0.39 is 5.91 Å². The zero-order valence-corrected chi connectivity index (χ0v) is 16.3. The van der Waals surface area contributed by atoms with Crippen LogP contribution in [0.2, 0.25) is 10.0 Å². The van der Waals surface area contributed by atoms with Crippen molar-refractivity contribution >= 4 is 46.5 Å². The predicted molar refractivity (Wildman–Crippen MR) is 105 cm³/mol. The van der Waals surface area contributed by atoms with Gasteiger partial charge in [0.2, 0.25) is 5.91 Å². The number of carbonyl (C=O) groups is 2. The van der Waals surface area contributed by atoms with E-state index in [2.05, 4.69) is 20.8 Å². The number of nitrogens with zero attached hydrogens (tertiary/aromatic N) is 2. The van der Waals surface area contributed by atoms with Crippen LogP contribution in [0.15, 0.2) is 41.6 Å². The van der Waals surface area contributed by atoms with Gasteiger partial charge in [-0.25, -0.2) is 10.4 Å². The Kier molecular flexibility index (Phi) is 7.57. The van der Waals surface area contributed by atoms with Crippen LogP contribution in [0.1, 0.15) is 18.9 Å². The fraction of sp³-hybridized carbons (Fsp3) is 0.222. The minimum Gasteiger partial charge on any atom is -0.482 e. The molecule has 2 rings (SSSR count). The molecule has 0 spiro atoms. The van der Waals surface area contributed by atoms with Gasteiger partial charge in [0, 0.05) is 16.9 Å². The third kappa shape index (κ3) is 7.24. The molecule has 0 bridgehead atoms. The van der Waals surface area contributed by atoms with Crippen molar-refractivity contribution in [1.29, 1.82) is 0 Å². The van der Waals surface area contributed by atoms with Crippen LogP contribution in [0.25, 0.3) is 0 Å². The Morgan fingerprint density at radius 3 is 2.67 bits per heavy atom. The van der Waals surface area contributed by atoms with Gasteiger partial charge in [-0.05, 0) is 49.7 Å². The van der Waals surface area contributed by atoms with Gasteiger partial charge in [0.1, 0.15) is 11.6 Å². The first-order valence-corrected chi connectivity index (χ1v) is 8.71. The van der Waals surface area contributed by atoms with Gasteiger partial charge in [0.25, 0.3) is 5.91 Å². The van der Waals surface area contributed by atoms with E-state index in [0.29, 0.717) is 27.3 Å². The second kappa shape index (κ2) is 9.89. The first-order valence-electron chi connectivity index (χ1n) is 7.96. The molecule has 1 heterocycles. The summed E-state index contributed by atoms with van der Waals surface area (Å²) < 4.78 is 5.30. The fourth-order valence-corrected chi connectivity index (χ4v) is 2.45. The Hall–Kier alpha value is -2.64. The molecule has 2 aromatic rings. The number of hydrazone groups is 1. The lowest BCUT2D eigenvalue weighted by atomic mass is 10.2. The van der Waals surface area contributed by atoms with Gasteiger partial charge in [-0.2, -0.15) is 5.10 Å².